The standard InChI is InChI=1S/C18H19ClN2OS/c19-13-6-7-17-14(11-13)16(8-9-23-17)21-18(22)15(20)10-12-4-2-1-3-5-12/h1-7,11,15-16H,8-10,20H2,(H,21,22). The van der Waals surface area contributed by atoms with E-state index in [4.69, 9.17) is 17.3 Å². The van der Waals surface area contributed by atoms with Gasteiger partial charge in [-0.2, -0.15) is 0 Å². The quantitative estimate of drug-likeness (QED) is 0.890. The van der Waals surface area contributed by atoms with Crippen LogP contribution in [0.1, 0.15) is 23.6 Å². The number of hydrogen-bond acceptors (Lipinski definition) is 3. The van der Waals surface area contributed by atoms with Crippen molar-refractivity contribution in [2.45, 2.75) is 29.8 Å². The number of nitrogens with one attached hydrogen (secondary N) is 1. The molecule has 120 valence electrons. The maximum absolute atomic E-state index is 12.4. The van der Waals surface area contributed by atoms with Crippen LogP contribution >= 0.6 is 23.4 Å². The Morgan fingerprint density at radius 2 is 2.09 bits per heavy atom. The topological polar surface area (TPSA) is 55.1 Å². The molecule has 2 atom stereocenters. The lowest BCUT2D eigenvalue weighted by molar-refractivity contribution is -0.123. The molecular weight excluding hydrogens is 328 g/mol. The van der Waals surface area contributed by atoms with Gasteiger partial charge in [0.1, 0.15) is 0 Å². The van der Waals surface area contributed by atoms with Crippen LogP contribution in [0.3, 0.4) is 0 Å². The van der Waals surface area contributed by atoms with Gasteiger partial charge in [-0.15, -0.1) is 11.8 Å². The van der Waals surface area contributed by atoms with Gasteiger partial charge in [0.05, 0.1) is 12.1 Å². The SMILES string of the molecule is NC(Cc1ccccc1)C(=O)NC1CCSc2ccc(Cl)cc21. The summed E-state index contributed by atoms with van der Waals surface area (Å²) in [7, 11) is 0. The van der Waals surface area contributed by atoms with E-state index in [1.807, 2.05) is 48.5 Å². The van der Waals surface area contributed by atoms with E-state index in [9.17, 15) is 4.79 Å². The van der Waals surface area contributed by atoms with Crippen LogP contribution in [-0.4, -0.2) is 17.7 Å². The van der Waals surface area contributed by atoms with Gasteiger partial charge < -0.3 is 11.1 Å². The highest BCUT2D eigenvalue weighted by atomic mass is 35.5. The molecule has 3 nitrogen and oxygen atoms in total. The maximum Gasteiger partial charge on any atom is 0.237 e. The molecule has 3 rings (SSSR count). The van der Waals surface area contributed by atoms with E-state index in [1.54, 1.807) is 11.8 Å². The van der Waals surface area contributed by atoms with Gasteiger partial charge >= 0.3 is 0 Å². The summed E-state index contributed by atoms with van der Waals surface area (Å²) in [4.78, 5) is 13.6. The zero-order valence-corrected chi connectivity index (χ0v) is 14.2. The van der Waals surface area contributed by atoms with Crippen molar-refractivity contribution in [1.29, 1.82) is 0 Å². The number of thioether (sulfide) groups is 1. The molecule has 0 radical (unpaired) electrons. The molecule has 2 aromatic rings. The van der Waals surface area contributed by atoms with Crippen LogP contribution in [-0.2, 0) is 11.2 Å². The molecule has 1 heterocycles. The second-order valence-electron chi connectivity index (χ2n) is 5.68. The van der Waals surface area contributed by atoms with Crippen LogP contribution in [0.2, 0.25) is 5.02 Å². The summed E-state index contributed by atoms with van der Waals surface area (Å²) in [5.41, 5.74) is 8.23. The fourth-order valence-corrected chi connectivity index (χ4v) is 4.04. The number of amides is 1. The summed E-state index contributed by atoms with van der Waals surface area (Å²) in [5.74, 6) is 0.865. The molecule has 2 unspecified atom stereocenters. The van der Waals surface area contributed by atoms with Crippen molar-refractivity contribution in [2.24, 2.45) is 5.73 Å². The largest absolute Gasteiger partial charge is 0.348 e. The molecular formula is C18H19ClN2OS. The number of fused-ring (bicyclic) bond motifs is 1. The van der Waals surface area contributed by atoms with Crippen LogP contribution in [0.4, 0.5) is 0 Å². The number of carbonyl (C=O) groups excluding carboxylic acids is 1. The fraction of sp³-hybridized carbons (Fsp3) is 0.278. The van der Waals surface area contributed by atoms with Gasteiger partial charge in [0.15, 0.2) is 0 Å². The summed E-state index contributed by atoms with van der Waals surface area (Å²) in [6, 6.07) is 15.1. The molecule has 1 aliphatic rings. The van der Waals surface area contributed by atoms with Gasteiger partial charge in [-0.3, -0.25) is 4.79 Å². The highest BCUT2D eigenvalue weighted by Gasteiger charge is 2.24. The molecule has 0 fully saturated rings. The van der Waals surface area contributed by atoms with Crippen molar-refractivity contribution in [3.8, 4) is 0 Å². The lowest BCUT2D eigenvalue weighted by atomic mass is 10.0. The first kappa shape index (κ1) is 16.4. The second kappa shape index (κ2) is 7.39. The number of rotatable bonds is 4. The lowest BCUT2D eigenvalue weighted by Crippen LogP contribution is -2.44. The lowest BCUT2D eigenvalue weighted by Gasteiger charge is -2.27. The predicted octanol–water partition coefficient (Wildman–Crippen LogP) is 3.56. The van der Waals surface area contributed by atoms with E-state index in [1.165, 1.54) is 4.90 Å². The number of carbonyl (C=O) groups is 1. The Kier molecular flexibility index (Phi) is 5.26. The molecule has 0 saturated heterocycles. The van der Waals surface area contributed by atoms with Gasteiger partial charge in [-0.1, -0.05) is 41.9 Å². The predicted molar refractivity (Wildman–Crippen MR) is 95.8 cm³/mol. The number of hydrogen-bond donors (Lipinski definition) is 2. The third-order valence-electron chi connectivity index (χ3n) is 3.96. The first-order valence-electron chi connectivity index (χ1n) is 7.65. The minimum Gasteiger partial charge on any atom is -0.348 e. The Bertz CT molecular complexity index is 693. The Morgan fingerprint density at radius 3 is 2.87 bits per heavy atom. The van der Waals surface area contributed by atoms with Gasteiger partial charge in [0, 0.05) is 15.7 Å². The van der Waals surface area contributed by atoms with Crippen LogP contribution in [0.15, 0.2) is 53.4 Å². The summed E-state index contributed by atoms with van der Waals surface area (Å²) in [5, 5.41) is 3.78. The van der Waals surface area contributed by atoms with Crippen molar-refractivity contribution in [2.75, 3.05) is 5.75 Å². The Morgan fingerprint density at radius 1 is 1.30 bits per heavy atom. The Labute approximate surface area is 145 Å². The maximum atomic E-state index is 12.4. The van der Waals surface area contributed by atoms with E-state index in [0.29, 0.717) is 11.4 Å². The molecule has 3 N–H and O–H groups in total. The van der Waals surface area contributed by atoms with E-state index in [2.05, 4.69) is 5.32 Å². The minimum absolute atomic E-state index is 0.0146. The van der Waals surface area contributed by atoms with Gasteiger partial charge in [-0.25, -0.2) is 0 Å². The molecule has 0 aliphatic carbocycles. The van der Waals surface area contributed by atoms with Crippen molar-refractivity contribution in [1.82, 2.24) is 5.32 Å². The molecule has 0 aromatic heterocycles. The number of benzene rings is 2. The molecule has 5 heteroatoms. The third kappa shape index (κ3) is 4.08. The average molecular weight is 347 g/mol. The average Bonchev–Trinajstić information content (AvgIpc) is 2.56. The third-order valence-corrected chi connectivity index (χ3v) is 5.32. The number of nitrogens with two attached hydrogens (primary N) is 1. The summed E-state index contributed by atoms with van der Waals surface area (Å²) >= 11 is 7.90. The summed E-state index contributed by atoms with van der Waals surface area (Å²) in [6.45, 7) is 0. The Hall–Kier alpha value is -1.49. The highest BCUT2D eigenvalue weighted by Crippen LogP contribution is 2.37. The zero-order valence-electron chi connectivity index (χ0n) is 12.7. The van der Waals surface area contributed by atoms with Gasteiger partial charge in [0.25, 0.3) is 0 Å². The van der Waals surface area contributed by atoms with Gasteiger partial charge in [-0.05, 0) is 42.2 Å². The molecule has 2 aromatic carbocycles. The smallest absolute Gasteiger partial charge is 0.237 e. The van der Waals surface area contributed by atoms with E-state index in [0.717, 1.165) is 23.3 Å². The fourth-order valence-electron chi connectivity index (χ4n) is 2.75. The van der Waals surface area contributed by atoms with Crippen molar-refractivity contribution in [3.63, 3.8) is 0 Å². The van der Waals surface area contributed by atoms with Crippen LogP contribution in [0.5, 0.6) is 0 Å². The molecule has 0 saturated carbocycles. The molecule has 1 amide bonds. The van der Waals surface area contributed by atoms with Crippen molar-refractivity contribution >= 4 is 29.3 Å². The molecule has 0 spiro atoms. The summed E-state index contributed by atoms with van der Waals surface area (Å²) in [6.07, 6.45) is 1.43. The van der Waals surface area contributed by atoms with Crippen LogP contribution in [0.25, 0.3) is 0 Å². The van der Waals surface area contributed by atoms with E-state index in [-0.39, 0.29) is 11.9 Å². The normalized spacial score (nSPS) is 18.1. The van der Waals surface area contributed by atoms with Crippen molar-refractivity contribution < 1.29 is 4.79 Å². The molecule has 1 aliphatic heterocycles. The number of halogens is 1. The van der Waals surface area contributed by atoms with Crippen molar-refractivity contribution in [3.05, 3.63) is 64.7 Å². The molecule has 23 heavy (non-hydrogen) atoms. The zero-order chi connectivity index (χ0) is 16.2. The van der Waals surface area contributed by atoms with E-state index < -0.39 is 6.04 Å². The van der Waals surface area contributed by atoms with Gasteiger partial charge in [0.2, 0.25) is 5.91 Å². The minimum atomic E-state index is -0.547. The van der Waals surface area contributed by atoms with Crippen LogP contribution in [0, 0.1) is 0 Å². The first-order chi connectivity index (χ1) is 11.1. The monoisotopic (exact) mass is 346 g/mol. The second-order valence-corrected chi connectivity index (χ2v) is 7.25. The first-order valence-corrected chi connectivity index (χ1v) is 9.02. The van der Waals surface area contributed by atoms with Crippen LogP contribution < -0.4 is 11.1 Å². The van der Waals surface area contributed by atoms with E-state index >= 15 is 0 Å². The molecule has 0 bridgehead atoms. The Balaban J connectivity index is 1.68. The summed E-state index contributed by atoms with van der Waals surface area (Å²) < 4.78 is 0. The highest BCUT2D eigenvalue weighted by molar-refractivity contribution is 7.99.